The van der Waals surface area contributed by atoms with E-state index in [2.05, 4.69) is 9.97 Å². The number of alkyl halides is 3. The Labute approximate surface area is 137 Å². The molecule has 0 unspecified atom stereocenters. The van der Waals surface area contributed by atoms with Gasteiger partial charge in [-0.1, -0.05) is 0 Å². The Kier molecular flexibility index (Phi) is 4.91. The highest BCUT2D eigenvalue weighted by Crippen LogP contribution is 2.36. The predicted octanol–water partition coefficient (Wildman–Crippen LogP) is 3.43. The lowest BCUT2D eigenvalue weighted by Gasteiger charge is -2.47. The Bertz CT molecular complexity index is 578. The molecule has 1 aliphatic rings. The van der Waals surface area contributed by atoms with E-state index in [1.807, 2.05) is 20.8 Å². The molecule has 0 aromatic carbocycles. The zero-order valence-electron chi connectivity index (χ0n) is 13.7. The zero-order valence-corrected chi connectivity index (χ0v) is 13.7. The number of halogens is 3. The maximum atomic E-state index is 12.4. The van der Waals surface area contributed by atoms with Gasteiger partial charge in [0.05, 0.1) is 19.0 Å². The number of hydrogen-bond donors (Lipinski definition) is 1. The maximum absolute atomic E-state index is 12.4. The van der Waals surface area contributed by atoms with Crippen LogP contribution in [0.15, 0.2) is 12.4 Å². The van der Waals surface area contributed by atoms with Gasteiger partial charge in [0.15, 0.2) is 5.75 Å². The Balaban J connectivity index is 1.83. The molecule has 1 heterocycles. The van der Waals surface area contributed by atoms with Crippen LogP contribution in [0.3, 0.4) is 0 Å². The van der Waals surface area contributed by atoms with Crippen molar-refractivity contribution in [1.82, 2.24) is 14.9 Å². The van der Waals surface area contributed by atoms with Gasteiger partial charge < -0.3 is 14.7 Å². The van der Waals surface area contributed by atoms with Crippen LogP contribution in [0.4, 0.5) is 18.0 Å². The molecule has 1 amide bonds. The number of aromatic nitrogens is 2. The molecule has 0 atom stereocenters. The van der Waals surface area contributed by atoms with Gasteiger partial charge in [-0.15, -0.1) is 0 Å². The SMILES string of the molecule is CC(C)(C)N(C(=O)O)C1CC(COc2cnc(C(F)(F)F)nc2)C1. The van der Waals surface area contributed by atoms with E-state index in [-0.39, 0.29) is 17.7 Å². The number of amides is 1. The molecule has 1 aliphatic carbocycles. The molecular formula is C15H20F3N3O3. The molecule has 0 radical (unpaired) electrons. The lowest BCUT2D eigenvalue weighted by Crippen LogP contribution is -2.56. The number of carbonyl (C=O) groups is 1. The van der Waals surface area contributed by atoms with Crippen LogP contribution in [0, 0.1) is 5.92 Å². The zero-order chi connectivity index (χ0) is 18.1. The summed E-state index contributed by atoms with van der Waals surface area (Å²) in [5, 5.41) is 9.32. The first-order chi connectivity index (χ1) is 11.0. The Morgan fingerprint density at radius 1 is 1.29 bits per heavy atom. The summed E-state index contributed by atoms with van der Waals surface area (Å²) in [6.45, 7) is 5.81. The van der Waals surface area contributed by atoms with E-state index in [4.69, 9.17) is 4.74 Å². The highest BCUT2D eigenvalue weighted by molar-refractivity contribution is 5.66. The minimum absolute atomic E-state index is 0.0695. The number of carboxylic acid groups (broad SMARTS) is 1. The number of rotatable bonds is 4. The molecule has 24 heavy (non-hydrogen) atoms. The Morgan fingerprint density at radius 2 is 1.83 bits per heavy atom. The normalized spacial score (nSPS) is 21.1. The molecule has 0 spiro atoms. The summed E-state index contributed by atoms with van der Waals surface area (Å²) in [6.07, 6.45) is -2.23. The van der Waals surface area contributed by atoms with Gasteiger partial charge in [-0.25, -0.2) is 14.8 Å². The topological polar surface area (TPSA) is 75.6 Å². The molecule has 6 nitrogen and oxygen atoms in total. The van der Waals surface area contributed by atoms with E-state index in [0.717, 1.165) is 12.4 Å². The van der Waals surface area contributed by atoms with E-state index in [1.54, 1.807) is 0 Å². The third-order valence-electron chi connectivity index (χ3n) is 3.87. The van der Waals surface area contributed by atoms with Crippen LogP contribution in [-0.2, 0) is 6.18 Å². The van der Waals surface area contributed by atoms with Crippen LogP contribution in [-0.4, -0.2) is 44.3 Å². The molecule has 1 saturated carbocycles. The fourth-order valence-corrected chi connectivity index (χ4v) is 2.79. The fourth-order valence-electron chi connectivity index (χ4n) is 2.79. The van der Waals surface area contributed by atoms with E-state index in [0.29, 0.717) is 19.4 Å². The second kappa shape index (κ2) is 6.45. The van der Waals surface area contributed by atoms with Gasteiger partial charge in [-0.3, -0.25) is 0 Å². The lowest BCUT2D eigenvalue weighted by molar-refractivity contribution is -0.145. The van der Waals surface area contributed by atoms with E-state index >= 15 is 0 Å². The molecule has 0 bridgehead atoms. The molecule has 1 aromatic heterocycles. The standard InChI is InChI=1S/C15H20F3N3O3/c1-14(2,3)21(13(22)23)10-4-9(5-10)8-24-11-6-19-12(20-7-11)15(16,17)18/h6-7,9-10H,4-5,8H2,1-3H3,(H,22,23). The van der Waals surface area contributed by atoms with Crippen LogP contribution in [0.25, 0.3) is 0 Å². The number of nitrogens with zero attached hydrogens (tertiary/aromatic N) is 3. The molecular weight excluding hydrogens is 327 g/mol. The smallest absolute Gasteiger partial charge is 0.451 e. The van der Waals surface area contributed by atoms with Crippen molar-refractivity contribution in [3.05, 3.63) is 18.2 Å². The average Bonchev–Trinajstić information content (AvgIpc) is 2.38. The first kappa shape index (κ1) is 18.3. The summed E-state index contributed by atoms with van der Waals surface area (Å²) in [4.78, 5) is 19.2. The van der Waals surface area contributed by atoms with Gasteiger partial charge in [-0.2, -0.15) is 13.2 Å². The molecule has 2 rings (SSSR count). The van der Waals surface area contributed by atoms with Crippen molar-refractivity contribution in [2.45, 2.75) is 51.4 Å². The second-order valence-electron chi connectivity index (χ2n) is 6.87. The van der Waals surface area contributed by atoms with Crippen LogP contribution >= 0.6 is 0 Å². The Hall–Kier alpha value is -2.06. The van der Waals surface area contributed by atoms with Crippen molar-refractivity contribution in [3.63, 3.8) is 0 Å². The minimum atomic E-state index is -4.58. The van der Waals surface area contributed by atoms with Crippen molar-refractivity contribution < 1.29 is 27.8 Å². The van der Waals surface area contributed by atoms with Crippen LogP contribution in [0.2, 0.25) is 0 Å². The predicted molar refractivity (Wildman–Crippen MR) is 78.7 cm³/mol. The second-order valence-corrected chi connectivity index (χ2v) is 6.87. The average molecular weight is 347 g/mol. The first-order valence-electron chi connectivity index (χ1n) is 7.53. The molecule has 0 aliphatic heterocycles. The maximum Gasteiger partial charge on any atom is 0.451 e. The summed E-state index contributed by atoms with van der Waals surface area (Å²) in [5.74, 6) is -0.889. The quantitative estimate of drug-likeness (QED) is 0.903. The molecule has 1 N–H and O–H groups in total. The van der Waals surface area contributed by atoms with Gasteiger partial charge in [0.25, 0.3) is 0 Å². The molecule has 1 fully saturated rings. The summed E-state index contributed by atoms with van der Waals surface area (Å²) in [7, 11) is 0. The van der Waals surface area contributed by atoms with Gasteiger partial charge in [-0.05, 0) is 39.5 Å². The summed E-state index contributed by atoms with van der Waals surface area (Å²) < 4.78 is 42.5. The summed E-state index contributed by atoms with van der Waals surface area (Å²) >= 11 is 0. The largest absolute Gasteiger partial charge is 0.490 e. The van der Waals surface area contributed by atoms with Crippen molar-refractivity contribution in [2.75, 3.05) is 6.61 Å². The third kappa shape index (κ3) is 4.27. The molecule has 0 saturated heterocycles. The highest BCUT2D eigenvalue weighted by Gasteiger charge is 2.41. The molecule has 9 heteroatoms. The number of ether oxygens (including phenoxy) is 1. The van der Waals surface area contributed by atoms with Crippen LogP contribution < -0.4 is 4.74 Å². The van der Waals surface area contributed by atoms with Gasteiger partial charge in [0.2, 0.25) is 5.82 Å². The van der Waals surface area contributed by atoms with E-state index in [1.165, 1.54) is 4.90 Å². The first-order valence-corrected chi connectivity index (χ1v) is 7.53. The van der Waals surface area contributed by atoms with Crippen LogP contribution in [0.1, 0.15) is 39.4 Å². The number of hydrogen-bond acceptors (Lipinski definition) is 4. The Morgan fingerprint density at radius 3 is 2.25 bits per heavy atom. The summed E-state index contributed by atoms with van der Waals surface area (Å²) in [5.41, 5.74) is -0.483. The lowest BCUT2D eigenvalue weighted by atomic mass is 9.78. The molecule has 1 aromatic rings. The highest BCUT2D eigenvalue weighted by atomic mass is 19.4. The van der Waals surface area contributed by atoms with Gasteiger partial charge in [0.1, 0.15) is 0 Å². The van der Waals surface area contributed by atoms with Crippen LogP contribution in [0.5, 0.6) is 5.75 Å². The van der Waals surface area contributed by atoms with Gasteiger partial charge >= 0.3 is 12.3 Å². The van der Waals surface area contributed by atoms with Crippen molar-refractivity contribution in [3.8, 4) is 5.75 Å². The monoisotopic (exact) mass is 347 g/mol. The van der Waals surface area contributed by atoms with E-state index in [9.17, 15) is 23.1 Å². The van der Waals surface area contributed by atoms with Crippen molar-refractivity contribution in [2.24, 2.45) is 5.92 Å². The molecule has 134 valence electrons. The fraction of sp³-hybridized carbons (Fsp3) is 0.667. The minimum Gasteiger partial charge on any atom is -0.490 e. The third-order valence-corrected chi connectivity index (χ3v) is 3.87. The summed E-state index contributed by atoms with van der Waals surface area (Å²) in [6, 6.07) is -0.0695. The van der Waals surface area contributed by atoms with Crippen molar-refractivity contribution >= 4 is 6.09 Å². The van der Waals surface area contributed by atoms with Gasteiger partial charge in [0, 0.05) is 11.6 Å². The van der Waals surface area contributed by atoms with E-state index < -0.39 is 23.6 Å². The van der Waals surface area contributed by atoms with Crippen molar-refractivity contribution in [1.29, 1.82) is 0 Å².